The lowest BCUT2D eigenvalue weighted by atomic mass is 10.1. The topological polar surface area (TPSA) is 51.2 Å². The molecule has 30 heavy (non-hydrogen) atoms. The second kappa shape index (κ2) is 11.3. The summed E-state index contributed by atoms with van der Waals surface area (Å²) in [5, 5.41) is 3.39. The highest BCUT2D eigenvalue weighted by molar-refractivity contribution is 5.82. The lowest BCUT2D eigenvalue weighted by Gasteiger charge is -2.39. The van der Waals surface area contributed by atoms with Crippen molar-refractivity contribution in [2.45, 2.75) is 45.6 Å². The number of likely N-dealkylation sites (tertiary alicyclic amines) is 1. The van der Waals surface area contributed by atoms with Crippen molar-refractivity contribution in [2.75, 3.05) is 52.4 Å². The van der Waals surface area contributed by atoms with E-state index in [4.69, 9.17) is 4.99 Å². The van der Waals surface area contributed by atoms with Crippen LogP contribution in [-0.4, -0.2) is 85.0 Å². The van der Waals surface area contributed by atoms with Crippen molar-refractivity contribution in [2.24, 2.45) is 4.99 Å². The molecule has 166 valence electrons. The first kappa shape index (κ1) is 22.5. The lowest BCUT2D eigenvalue weighted by Crippen LogP contribution is -2.57. The van der Waals surface area contributed by atoms with Gasteiger partial charge in [-0.25, -0.2) is 4.39 Å². The molecular weight excluding hydrogens is 381 g/mol. The number of carbonyl (C=O) groups excluding carboxylic acids is 1. The second-order valence-electron chi connectivity index (χ2n) is 8.20. The number of amides is 1. The first-order valence-corrected chi connectivity index (χ1v) is 11.4. The van der Waals surface area contributed by atoms with Gasteiger partial charge >= 0.3 is 0 Å². The van der Waals surface area contributed by atoms with E-state index in [9.17, 15) is 9.18 Å². The van der Waals surface area contributed by atoms with Crippen molar-refractivity contribution < 1.29 is 9.18 Å². The Balaban J connectivity index is 1.47. The maximum atomic E-state index is 13.3. The summed E-state index contributed by atoms with van der Waals surface area (Å²) in [6, 6.07) is 6.74. The number of nitrogens with zero attached hydrogens (tertiary/aromatic N) is 4. The van der Waals surface area contributed by atoms with Crippen LogP contribution in [0, 0.1) is 5.82 Å². The quantitative estimate of drug-likeness (QED) is 0.420. The molecule has 0 spiro atoms. The summed E-state index contributed by atoms with van der Waals surface area (Å²) in [6.45, 7) is 11.0. The van der Waals surface area contributed by atoms with Crippen molar-refractivity contribution in [1.82, 2.24) is 20.0 Å². The number of hydrogen-bond acceptors (Lipinski definition) is 3. The van der Waals surface area contributed by atoms with Gasteiger partial charge in [0.25, 0.3) is 0 Å². The third-order valence-corrected chi connectivity index (χ3v) is 6.05. The molecule has 2 aliphatic rings. The number of carbonyl (C=O) groups is 1. The fourth-order valence-corrected chi connectivity index (χ4v) is 4.27. The van der Waals surface area contributed by atoms with Crippen molar-refractivity contribution in [3.63, 3.8) is 0 Å². The summed E-state index contributed by atoms with van der Waals surface area (Å²) in [4.78, 5) is 24.1. The van der Waals surface area contributed by atoms with E-state index in [1.54, 1.807) is 12.1 Å². The minimum Gasteiger partial charge on any atom is -0.357 e. The van der Waals surface area contributed by atoms with Gasteiger partial charge in [-0.2, -0.15) is 0 Å². The molecule has 0 aromatic heterocycles. The number of hydrogen-bond donors (Lipinski definition) is 1. The predicted octanol–water partition coefficient (Wildman–Crippen LogP) is 2.35. The van der Waals surface area contributed by atoms with Crippen LogP contribution in [0.1, 0.15) is 38.7 Å². The minimum absolute atomic E-state index is 0.0453. The molecule has 1 amide bonds. The van der Waals surface area contributed by atoms with Crippen LogP contribution in [0.4, 0.5) is 4.39 Å². The van der Waals surface area contributed by atoms with Crippen molar-refractivity contribution in [3.8, 4) is 0 Å². The Morgan fingerprint density at radius 1 is 1.13 bits per heavy atom. The Morgan fingerprint density at radius 2 is 1.87 bits per heavy atom. The molecule has 2 saturated heterocycles. The molecule has 1 atom stereocenters. The molecule has 1 N–H and O–H groups in total. The van der Waals surface area contributed by atoms with Crippen molar-refractivity contribution >= 4 is 11.9 Å². The maximum absolute atomic E-state index is 13.3. The third kappa shape index (κ3) is 6.17. The Hall–Kier alpha value is -2.15. The molecule has 7 heteroatoms. The van der Waals surface area contributed by atoms with Gasteiger partial charge in [-0.3, -0.25) is 14.7 Å². The number of rotatable bonds is 7. The van der Waals surface area contributed by atoms with Crippen LogP contribution in [0.3, 0.4) is 0 Å². The zero-order valence-electron chi connectivity index (χ0n) is 18.4. The van der Waals surface area contributed by atoms with E-state index in [-0.39, 0.29) is 17.8 Å². The molecule has 1 aromatic rings. The van der Waals surface area contributed by atoms with Crippen molar-refractivity contribution in [3.05, 3.63) is 35.6 Å². The van der Waals surface area contributed by atoms with E-state index in [2.05, 4.69) is 22.0 Å². The van der Waals surface area contributed by atoms with Gasteiger partial charge in [-0.15, -0.1) is 0 Å². The molecule has 1 unspecified atom stereocenters. The standard InChI is InChI=1S/C23H36FN5O/c1-3-25-23(26-11-7-9-20-8-6-10-21(24)18-20)29-16-14-27(15-17-29)19(2)22(30)28-12-4-5-13-28/h6,8,10,18-19H,3-5,7,9,11-17H2,1-2H3,(H,25,26). The molecule has 0 aliphatic carbocycles. The van der Waals surface area contributed by atoms with Crippen LogP contribution in [0.5, 0.6) is 0 Å². The third-order valence-electron chi connectivity index (χ3n) is 6.05. The van der Waals surface area contributed by atoms with Crippen LogP contribution >= 0.6 is 0 Å². The summed E-state index contributed by atoms with van der Waals surface area (Å²) in [6.07, 6.45) is 3.98. The number of benzene rings is 1. The number of guanidine groups is 1. The van der Waals surface area contributed by atoms with Crippen molar-refractivity contribution in [1.29, 1.82) is 0 Å². The number of aliphatic imine (C=N–C) groups is 1. The molecular formula is C23H36FN5O. The van der Waals surface area contributed by atoms with E-state index in [0.717, 1.165) is 83.0 Å². The fourth-order valence-electron chi connectivity index (χ4n) is 4.27. The maximum Gasteiger partial charge on any atom is 0.239 e. The minimum atomic E-state index is -0.181. The van der Waals surface area contributed by atoms with E-state index in [1.165, 1.54) is 6.07 Å². The SMILES string of the molecule is CCNC(=NCCCc1cccc(F)c1)N1CCN(C(C)C(=O)N2CCCC2)CC1. The average Bonchev–Trinajstić information content (AvgIpc) is 3.30. The second-order valence-corrected chi connectivity index (χ2v) is 8.20. The molecule has 2 fully saturated rings. The van der Waals surface area contributed by atoms with E-state index in [0.29, 0.717) is 6.54 Å². The van der Waals surface area contributed by atoms with Crippen LogP contribution < -0.4 is 5.32 Å². The largest absolute Gasteiger partial charge is 0.357 e. The molecule has 2 heterocycles. The van der Waals surface area contributed by atoms with E-state index in [1.807, 2.05) is 17.9 Å². The summed E-state index contributed by atoms with van der Waals surface area (Å²) in [5.41, 5.74) is 1.01. The predicted molar refractivity (Wildman–Crippen MR) is 119 cm³/mol. The molecule has 0 saturated carbocycles. The molecule has 2 aliphatic heterocycles. The molecule has 0 bridgehead atoms. The Labute approximate surface area is 180 Å². The highest BCUT2D eigenvalue weighted by Crippen LogP contribution is 2.14. The molecule has 6 nitrogen and oxygen atoms in total. The monoisotopic (exact) mass is 417 g/mol. The van der Waals surface area contributed by atoms with Gasteiger partial charge in [0.05, 0.1) is 6.04 Å². The van der Waals surface area contributed by atoms with Crippen LogP contribution in [0.25, 0.3) is 0 Å². The zero-order chi connectivity index (χ0) is 21.3. The van der Waals surface area contributed by atoms with E-state index < -0.39 is 0 Å². The Kier molecular flexibility index (Phi) is 8.49. The first-order valence-electron chi connectivity index (χ1n) is 11.4. The molecule has 0 radical (unpaired) electrons. The van der Waals surface area contributed by atoms with Gasteiger partial charge in [0.15, 0.2) is 5.96 Å². The number of piperazine rings is 1. The molecule has 1 aromatic carbocycles. The van der Waals surface area contributed by atoms with Crippen LogP contribution in [0.2, 0.25) is 0 Å². The van der Waals surface area contributed by atoms with Gasteiger partial charge in [0, 0.05) is 52.4 Å². The average molecular weight is 418 g/mol. The zero-order valence-corrected chi connectivity index (χ0v) is 18.4. The van der Waals surface area contributed by atoms with Gasteiger partial charge in [-0.05, 0) is 57.2 Å². The Morgan fingerprint density at radius 3 is 2.53 bits per heavy atom. The normalized spacial score (nSPS) is 19.2. The number of nitrogens with one attached hydrogen (secondary N) is 1. The summed E-state index contributed by atoms with van der Waals surface area (Å²) >= 11 is 0. The number of halogens is 1. The first-order chi connectivity index (χ1) is 14.6. The smallest absolute Gasteiger partial charge is 0.239 e. The highest BCUT2D eigenvalue weighted by atomic mass is 19.1. The van der Waals surface area contributed by atoms with Crippen LogP contribution in [0.15, 0.2) is 29.3 Å². The highest BCUT2D eigenvalue weighted by Gasteiger charge is 2.30. The Bertz CT molecular complexity index is 711. The number of aryl methyl sites for hydroxylation is 1. The summed E-state index contributed by atoms with van der Waals surface area (Å²) in [5.74, 6) is 1.04. The van der Waals surface area contributed by atoms with Gasteiger partial charge in [0.2, 0.25) is 5.91 Å². The van der Waals surface area contributed by atoms with E-state index >= 15 is 0 Å². The summed E-state index contributed by atoms with van der Waals surface area (Å²) < 4.78 is 13.3. The van der Waals surface area contributed by atoms with Gasteiger partial charge < -0.3 is 15.1 Å². The summed E-state index contributed by atoms with van der Waals surface area (Å²) in [7, 11) is 0. The molecule has 3 rings (SSSR count). The fraction of sp³-hybridized carbons (Fsp3) is 0.652. The van der Waals surface area contributed by atoms with Gasteiger partial charge in [-0.1, -0.05) is 12.1 Å². The van der Waals surface area contributed by atoms with Crippen LogP contribution in [-0.2, 0) is 11.2 Å². The lowest BCUT2D eigenvalue weighted by molar-refractivity contribution is -0.135. The van der Waals surface area contributed by atoms with Gasteiger partial charge in [0.1, 0.15) is 5.82 Å².